The number of allylic oxidation sites excluding steroid dienone is 2. The van der Waals surface area contributed by atoms with Gasteiger partial charge in [-0.1, -0.05) is 23.7 Å². The van der Waals surface area contributed by atoms with Crippen molar-refractivity contribution >= 4 is 22.9 Å². The van der Waals surface area contributed by atoms with E-state index in [2.05, 4.69) is 4.79 Å². The van der Waals surface area contributed by atoms with E-state index in [9.17, 15) is 0 Å². The molecule has 3 nitrogen and oxygen atoms in total. The molecule has 4 heteroatoms. The van der Waals surface area contributed by atoms with E-state index in [1.807, 2.05) is 6.07 Å². The van der Waals surface area contributed by atoms with Gasteiger partial charge < -0.3 is 5.53 Å². The van der Waals surface area contributed by atoms with Crippen LogP contribution in [0.1, 0.15) is 12.5 Å². The lowest BCUT2D eigenvalue weighted by atomic mass is 10.1. The lowest BCUT2D eigenvalue weighted by Gasteiger charge is -1.96. The van der Waals surface area contributed by atoms with E-state index in [1.54, 1.807) is 31.2 Å². The van der Waals surface area contributed by atoms with Crippen molar-refractivity contribution in [3.8, 4) is 6.07 Å². The Hall–Kier alpha value is -1.88. The van der Waals surface area contributed by atoms with Gasteiger partial charge in [-0.15, -0.1) is 0 Å². The normalized spacial score (nSPS) is 10.3. The molecule has 0 aliphatic carbocycles. The zero-order valence-corrected chi connectivity index (χ0v) is 8.86. The van der Waals surface area contributed by atoms with Crippen molar-refractivity contribution < 1.29 is 4.79 Å². The molecule has 0 amide bonds. The third kappa shape index (κ3) is 3.07. The van der Waals surface area contributed by atoms with Crippen LogP contribution in [-0.4, -0.2) is 10.5 Å². The van der Waals surface area contributed by atoms with Crippen molar-refractivity contribution in [1.29, 1.82) is 5.26 Å². The summed E-state index contributed by atoms with van der Waals surface area (Å²) in [4.78, 5) is 2.98. The molecule has 1 aromatic rings. The number of nitriles is 1. The average molecular weight is 218 g/mol. The molecule has 1 rings (SSSR count). The van der Waals surface area contributed by atoms with Gasteiger partial charge in [0.1, 0.15) is 6.07 Å². The van der Waals surface area contributed by atoms with Crippen molar-refractivity contribution in [2.45, 2.75) is 6.92 Å². The van der Waals surface area contributed by atoms with Gasteiger partial charge in [-0.3, -0.25) is 0 Å². The van der Waals surface area contributed by atoms with Crippen molar-refractivity contribution in [3.05, 3.63) is 46.5 Å². The summed E-state index contributed by atoms with van der Waals surface area (Å²) in [5, 5.41) is 9.52. The van der Waals surface area contributed by atoms with Crippen LogP contribution >= 0.6 is 11.6 Å². The van der Waals surface area contributed by atoms with E-state index in [1.165, 1.54) is 6.08 Å². The molecule has 15 heavy (non-hydrogen) atoms. The van der Waals surface area contributed by atoms with Crippen LogP contribution in [0, 0.1) is 11.3 Å². The van der Waals surface area contributed by atoms with Crippen LogP contribution in [0.2, 0.25) is 5.02 Å². The van der Waals surface area contributed by atoms with Crippen LogP contribution in [-0.2, 0) is 0 Å². The molecule has 0 heterocycles. The number of rotatable bonds is 2. The van der Waals surface area contributed by atoms with Gasteiger partial charge in [-0.2, -0.15) is 10.1 Å². The van der Waals surface area contributed by atoms with E-state index >= 15 is 0 Å². The summed E-state index contributed by atoms with van der Waals surface area (Å²) in [5.41, 5.74) is 10.0. The Morgan fingerprint density at radius 3 is 2.53 bits per heavy atom. The predicted octanol–water partition coefficient (Wildman–Crippen LogP) is 2.94. The third-order valence-corrected chi connectivity index (χ3v) is 2.04. The fraction of sp³-hybridized carbons (Fsp3) is 0.0909. The maximum absolute atomic E-state index is 8.91. The molecule has 0 saturated carbocycles. The van der Waals surface area contributed by atoms with Crippen molar-refractivity contribution in [1.82, 2.24) is 0 Å². The molecule has 0 fully saturated rings. The Labute approximate surface area is 92.8 Å². The summed E-state index contributed by atoms with van der Waals surface area (Å²) in [6.07, 6.45) is 1.50. The molecule has 0 radical (unpaired) electrons. The van der Waals surface area contributed by atoms with Gasteiger partial charge in [0.05, 0.1) is 5.57 Å². The quantitative estimate of drug-likeness (QED) is 0.325. The van der Waals surface area contributed by atoms with E-state index in [0.29, 0.717) is 16.3 Å². The Bertz CT molecular complexity index is 474. The smallest absolute Gasteiger partial charge is 0.290 e. The lowest BCUT2D eigenvalue weighted by molar-refractivity contribution is -0.00388. The van der Waals surface area contributed by atoms with Crippen molar-refractivity contribution in [2.75, 3.05) is 0 Å². The topological polar surface area (TPSA) is 60.2 Å². The fourth-order valence-electron chi connectivity index (χ4n) is 1.05. The van der Waals surface area contributed by atoms with E-state index < -0.39 is 0 Å². The highest BCUT2D eigenvalue weighted by Crippen LogP contribution is 2.16. The molecular formula is C11H8ClN3. The zero-order chi connectivity index (χ0) is 11.3. The van der Waals surface area contributed by atoms with Gasteiger partial charge in [0, 0.05) is 18.0 Å². The first kappa shape index (κ1) is 11.2. The average Bonchev–Trinajstić information content (AvgIpc) is 2.27. The lowest BCUT2D eigenvalue weighted by Crippen LogP contribution is -1.89. The maximum atomic E-state index is 8.91. The second-order valence-electron chi connectivity index (χ2n) is 2.92. The fourth-order valence-corrected chi connectivity index (χ4v) is 1.17. The molecular weight excluding hydrogens is 210 g/mol. The standard InChI is InChI=1S/C11H8ClN3/c1-8(15-14)6-10(7-13)9-2-4-11(12)5-3-9/h2-6H,1H3/b10-6+. The molecule has 0 bridgehead atoms. The summed E-state index contributed by atoms with van der Waals surface area (Å²) in [7, 11) is 0. The Morgan fingerprint density at radius 1 is 1.47 bits per heavy atom. The molecule has 0 aliphatic heterocycles. The number of hydrogen-bond acceptors (Lipinski definition) is 1. The number of halogens is 1. The Kier molecular flexibility index (Phi) is 3.82. The van der Waals surface area contributed by atoms with Gasteiger partial charge in [0.15, 0.2) is 0 Å². The van der Waals surface area contributed by atoms with Crippen LogP contribution < -0.4 is 0 Å². The van der Waals surface area contributed by atoms with Crippen molar-refractivity contribution in [2.24, 2.45) is 0 Å². The minimum Gasteiger partial charge on any atom is -0.361 e. The minimum absolute atomic E-state index is 0.376. The molecule has 1 aromatic carbocycles. The van der Waals surface area contributed by atoms with E-state index in [4.69, 9.17) is 22.4 Å². The molecule has 0 atom stereocenters. The SMILES string of the molecule is CC(/C=C(\C#N)c1ccc(Cl)cc1)=[N+]=[N-]. The Balaban J connectivity index is 3.15. The van der Waals surface area contributed by atoms with Gasteiger partial charge in [-0.25, -0.2) is 0 Å². The van der Waals surface area contributed by atoms with Crippen molar-refractivity contribution in [3.63, 3.8) is 0 Å². The van der Waals surface area contributed by atoms with Gasteiger partial charge in [0.25, 0.3) is 5.71 Å². The first-order valence-electron chi connectivity index (χ1n) is 4.23. The highest BCUT2D eigenvalue weighted by Gasteiger charge is 2.03. The largest absolute Gasteiger partial charge is 0.361 e. The van der Waals surface area contributed by atoms with Crippen LogP contribution in [0.3, 0.4) is 0 Å². The third-order valence-electron chi connectivity index (χ3n) is 1.79. The van der Waals surface area contributed by atoms with Crippen LogP contribution in [0.15, 0.2) is 30.3 Å². The monoisotopic (exact) mass is 217 g/mol. The molecule has 0 aromatic heterocycles. The summed E-state index contributed by atoms with van der Waals surface area (Å²) < 4.78 is 0. The second-order valence-corrected chi connectivity index (χ2v) is 3.35. The van der Waals surface area contributed by atoms with E-state index in [0.717, 1.165) is 5.56 Å². The van der Waals surface area contributed by atoms with Crippen LogP contribution in [0.4, 0.5) is 0 Å². The number of hydrogen-bond donors (Lipinski definition) is 0. The first-order valence-corrected chi connectivity index (χ1v) is 4.61. The Morgan fingerprint density at radius 2 is 2.07 bits per heavy atom. The highest BCUT2D eigenvalue weighted by atomic mass is 35.5. The van der Waals surface area contributed by atoms with Gasteiger partial charge in [-0.05, 0) is 17.7 Å². The summed E-state index contributed by atoms with van der Waals surface area (Å²) >= 11 is 5.73. The van der Waals surface area contributed by atoms with Gasteiger partial charge in [0.2, 0.25) is 0 Å². The number of nitrogens with zero attached hydrogens (tertiary/aromatic N) is 3. The molecule has 0 N–H and O–H groups in total. The summed E-state index contributed by atoms with van der Waals surface area (Å²) in [5.74, 6) is 0. The second kappa shape index (κ2) is 5.11. The van der Waals surface area contributed by atoms with Crippen LogP contribution in [0.25, 0.3) is 11.1 Å². The zero-order valence-electron chi connectivity index (χ0n) is 8.11. The maximum Gasteiger partial charge on any atom is 0.290 e. The van der Waals surface area contributed by atoms with E-state index in [-0.39, 0.29) is 0 Å². The minimum atomic E-state index is 0.376. The molecule has 0 aliphatic rings. The van der Waals surface area contributed by atoms with Crippen LogP contribution in [0.5, 0.6) is 0 Å². The summed E-state index contributed by atoms with van der Waals surface area (Å²) in [6, 6.07) is 8.91. The first-order chi connectivity index (χ1) is 7.17. The van der Waals surface area contributed by atoms with Gasteiger partial charge >= 0.3 is 0 Å². The molecule has 74 valence electrons. The molecule has 0 unspecified atom stereocenters. The molecule has 0 saturated heterocycles. The summed E-state index contributed by atoms with van der Waals surface area (Å²) in [6.45, 7) is 1.60. The number of benzene rings is 1. The highest BCUT2D eigenvalue weighted by molar-refractivity contribution is 6.30. The predicted molar refractivity (Wildman–Crippen MR) is 59.3 cm³/mol. The molecule has 0 spiro atoms.